The van der Waals surface area contributed by atoms with Gasteiger partial charge in [0.05, 0.1) is 25.5 Å². The van der Waals surface area contributed by atoms with Crippen molar-refractivity contribution in [1.82, 2.24) is 15.6 Å². The molecule has 1 aromatic heterocycles. The third-order valence-electron chi connectivity index (χ3n) is 3.75. The molecule has 2 heterocycles. The molecule has 1 aromatic carbocycles. The number of nitrogens with one attached hydrogen (secondary N) is 2. The summed E-state index contributed by atoms with van der Waals surface area (Å²) in [5.41, 5.74) is 2.83. The van der Waals surface area contributed by atoms with E-state index in [1.807, 2.05) is 31.2 Å². The number of hydrogen-bond donors (Lipinski definition) is 2. The summed E-state index contributed by atoms with van der Waals surface area (Å²) >= 11 is 0. The van der Waals surface area contributed by atoms with Crippen LogP contribution in [0.4, 0.5) is 0 Å². The molecular formula is C17H21N3O3. The zero-order valence-electron chi connectivity index (χ0n) is 13.2. The monoisotopic (exact) mass is 315 g/mol. The second kappa shape index (κ2) is 7.39. The molecule has 3 rings (SSSR count). The molecule has 23 heavy (non-hydrogen) atoms. The van der Waals surface area contributed by atoms with Crippen molar-refractivity contribution in [2.45, 2.75) is 25.9 Å². The first-order valence-electron chi connectivity index (χ1n) is 7.80. The summed E-state index contributed by atoms with van der Waals surface area (Å²) in [4.78, 5) is 16.3. The Kier molecular flexibility index (Phi) is 5.05. The highest BCUT2D eigenvalue weighted by Gasteiger charge is 2.17. The van der Waals surface area contributed by atoms with Crippen molar-refractivity contribution in [3.8, 4) is 11.5 Å². The molecule has 2 aromatic rings. The van der Waals surface area contributed by atoms with Gasteiger partial charge in [0.15, 0.2) is 0 Å². The average Bonchev–Trinajstić information content (AvgIpc) is 3.04. The fourth-order valence-corrected chi connectivity index (χ4v) is 2.45. The maximum atomic E-state index is 11.9. The van der Waals surface area contributed by atoms with Crippen molar-refractivity contribution in [2.24, 2.45) is 0 Å². The summed E-state index contributed by atoms with van der Waals surface area (Å²) in [6, 6.07) is 8.06. The standard InChI is InChI=1S/C17H21N3O3/c1-12-2-4-13(5-3-12)17-20-15(11-23-17)9-19-16(21)8-14-10-22-7-6-18-14/h2-5,11,14,18H,6-10H2,1H3,(H,19,21). The number of hydrogen-bond acceptors (Lipinski definition) is 5. The van der Waals surface area contributed by atoms with Crippen LogP contribution in [0, 0.1) is 6.92 Å². The van der Waals surface area contributed by atoms with E-state index in [-0.39, 0.29) is 11.9 Å². The van der Waals surface area contributed by atoms with Crippen molar-refractivity contribution < 1.29 is 13.9 Å². The maximum Gasteiger partial charge on any atom is 0.226 e. The van der Waals surface area contributed by atoms with Crippen LogP contribution < -0.4 is 10.6 Å². The normalized spacial score (nSPS) is 17.9. The van der Waals surface area contributed by atoms with Crippen LogP contribution in [0.5, 0.6) is 0 Å². The van der Waals surface area contributed by atoms with Crippen LogP contribution in [-0.4, -0.2) is 36.7 Å². The lowest BCUT2D eigenvalue weighted by molar-refractivity contribution is -0.122. The molecule has 6 nitrogen and oxygen atoms in total. The summed E-state index contributed by atoms with van der Waals surface area (Å²) in [5, 5.41) is 6.12. The number of morpholine rings is 1. The van der Waals surface area contributed by atoms with Crippen molar-refractivity contribution >= 4 is 5.91 Å². The number of benzene rings is 1. The van der Waals surface area contributed by atoms with Gasteiger partial charge in [-0.15, -0.1) is 0 Å². The van der Waals surface area contributed by atoms with Crippen molar-refractivity contribution in [2.75, 3.05) is 19.8 Å². The Morgan fingerprint density at radius 1 is 1.39 bits per heavy atom. The van der Waals surface area contributed by atoms with Crippen LogP contribution >= 0.6 is 0 Å². The predicted octanol–water partition coefficient (Wildman–Crippen LogP) is 1.64. The Labute approximate surface area is 135 Å². The van der Waals surface area contributed by atoms with E-state index in [1.165, 1.54) is 5.56 Å². The number of nitrogens with zero attached hydrogens (tertiary/aromatic N) is 1. The number of carbonyl (C=O) groups excluding carboxylic acids is 1. The molecule has 1 unspecified atom stereocenters. The quantitative estimate of drug-likeness (QED) is 0.877. The number of rotatable bonds is 5. The van der Waals surface area contributed by atoms with E-state index < -0.39 is 0 Å². The van der Waals surface area contributed by atoms with Gasteiger partial charge < -0.3 is 19.8 Å². The maximum absolute atomic E-state index is 11.9. The fraction of sp³-hybridized carbons (Fsp3) is 0.412. The lowest BCUT2D eigenvalue weighted by Gasteiger charge is -2.23. The van der Waals surface area contributed by atoms with Crippen molar-refractivity contribution in [1.29, 1.82) is 0 Å². The van der Waals surface area contributed by atoms with Crippen LogP contribution in [0.15, 0.2) is 34.9 Å². The highest BCUT2D eigenvalue weighted by atomic mass is 16.5. The van der Waals surface area contributed by atoms with Crippen LogP contribution in [0.2, 0.25) is 0 Å². The molecule has 0 saturated carbocycles. The molecule has 0 aliphatic carbocycles. The van der Waals surface area contributed by atoms with Crippen LogP contribution in [0.25, 0.3) is 11.5 Å². The Morgan fingerprint density at radius 2 is 2.22 bits per heavy atom. The van der Waals surface area contributed by atoms with E-state index in [0.717, 1.165) is 12.1 Å². The van der Waals surface area contributed by atoms with Gasteiger partial charge in [0.25, 0.3) is 0 Å². The summed E-state index contributed by atoms with van der Waals surface area (Å²) < 4.78 is 10.8. The molecule has 1 aliphatic rings. The third kappa shape index (κ3) is 4.40. The van der Waals surface area contributed by atoms with Crippen molar-refractivity contribution in [3.05, 3.63) is 41.8 Å². The zero-order valence-corrected chi connectivity index (χ0v) is 13.2. The van der Waals surface area contributed by atoms with E-state index in [0.29, 0.717) is 37.8 Å². The van der Waals surface area contributed by atoms with E-state index in [9.17, 15) is 4.79 Å². The van der Waals surface area contributed by atoms with Crippen LogP contribution in [-0.2, 0) is 16.1 Å². The summed E-state index contributed by atoms with van der Waals surface area (Å²) in [7, 11) is 0. The van der Waals surface area contributed by atoms with Gasteiger partial charge in [-0.3, -0.25) is 4.79 Å². The number of aryl methyl sites for hydroxylation is 1. The molecule has 122 valence electrons. The van der Waals surface area contributed by atoms with Gasteiger partial charge in [0.1, 0.15) is 6.26 Å². The minimum Gasteiger partial charge on any atom is -0.444 e. The minimum atomic E-state index is -0.0205. The van der Waals surface area contributed by atoms with Crippen molar-refractivity contribution in [3.63, 3.8) is 0 Å². The Hall–Kier alpha value is -2.18. The zero-order chi connectivity index (χ0) is 16.1. The van der Waals surface area contributed by atoms with Gasteiger partial charge in [-0.1, -0.05) is 17.7 Å². The molecular weight excluding hydrogens is 294 g/mol. The van der Waals surface area contributed by atoms with Gasteiger partial charge >= 0.3 is 0 Å². The number of oxazole rings is 1. The fourth-order valence-electron chi connectivity index (χ4n) is 2.45. The topological polar surface area (TPSA) is 76.4 Å². The van der Waals surface area contributed by atoms with E-state index in [2.05, 4.69) is 15.6 Å². The van der Waals surface area contributed by atoms with Gasteiger partial charge in [-0.05, 0) is 19.1 Å². The molecule has 0 radical (unpaired) electrons. The van der Waals surface area contributed by atoms with E-state index in [1.54, 1.807) is 6.26 Å². The van der Waals surface area contributed by atoms with Gasteiger partial charge in [-0.25, -0.2) is 4.98 Å². The third-order valence-corrected chi connectivity index (χ3v) is 3.75. The number of ether oxygens (including phenoxy) is 1. The molecule has 2 N–H and O–H groups in total. The molecule has 1 saturated heterocycles. The summed E-state index contributed by atoms with van der Waals surface area (Å²) in [6.45, 7) is 4.48. The van der Waals surface area contributed by atoms with Gasteiger partial charge in [-0.2, -0.15) is 0 Å². The average molecular weight is 315 g/mol. The largest absolute Gasteiger partial charge is 0.444 e. The highest BCUT2D eigenvalue weighted by molar-refractivity contribution is 5.76. The molecule has 0 spiro atoms. The molecule has 6 heteroatoms. The highest BCUT2D eigenvalue weighted by Crippen LogP contribution is 2.19. The van der Waals surface area contributed by atoms with Crippen LogP contribution in [0.3, 0.4) is 0 Å². The van der Waals surface area contributed by atoms with Crippen LogP contribution in [0.1, 0.15) is 17.7 Å². The smallest absolute Gasteiger partial charge is 0.226 e. The Balaban J connectivity index is 1.50. The molecule has 1 aliphatic heterocycles. The SMILES string of the molecule is Cc1ccc(-c2nc(CNC(=O)CC3COCCN3)co2)cc1. The molecule has 1 amide bonds. The Morgan fingerprint density at radius 3 is 2.96 bits per heavy atom. The number of amides is 1. The van der Waals surface area contributed by atoms with E-state index >= 15 is 0 Å². The van der Waals surface area contributed by atoms with Gasteiger partial charge in [0.2, 0.25) is 11.8 Å². The first-order valence-corrected chi connectivity index (χ1v) is 7.80. The molecule has 0 bridgehead atoms. The Bertz CT molecular complexity index is 645. The second-order valence-electron chi connectivity index (χ2n) is 5.72. The lowest BCUT2D eigenvalue weighted by Crippen LogP contribution is -2.44. The predicted molar refractivity (Wildman–Crippen MR) is 85.7 cm³/mol. The first-order chi connectivity index (χ1) is 11.2. The second-order valence-corrected chi connectivity index (χ2v) is 5.72. The summed E-state index contributed by atoms with van der Waals surface area (Å²) in [6.07, 6.45) is 1.99. The molecule has 1 atom stereocenters. The van der Waals surface area contributed by atoms with Gasteiger partial charge in [0, 0.05) is 24.6 Å². The lowest BCUT2D eigenvalue weighted by atomic mass is 10.1. The summed E-state index contributed by atoms with van der Waals surface area (Å²) in [5.74, 6) is 0.546. The number of aromatic nitrogens is 1. The van der Waals surface area contributed by atoms with E-state index in [4.69, 9.17) is 9.15 Å². The first kappa shape index (κ1) is 15.7. The number of carbonyl (C=O) groups is 1. The minimum absolute atomic E-state index is 0.0205. The molecule has 1 fully saturated rings.